The number of imidazole rings is 1. The summed E-state index contributed by atoms with van der Waals surface area (Å²) in [7, 11) is 0. The molecule has 0 atom stereocenters. The van der Waals surface area contributed by atoms with E-state index < -0.39 is 0 Å². The fourth-order valence-corrected chi connectivity index (χ4v) is 3.08. The maximum absolute atomic E-state index is 9.25. The highest BCUT2D eigenvalue weighted by Gasteiger charge is 2.14. The SMILES string of the molecule is CCn1c(N=Nc2c(NCCO)cc(NCCO)nc2NCCO)nc2ccccc21. The first-order valence-corrected chi connectivity index (χ1v) is 10.2. The first-order valence-electron chi connectivity index (χ1n) is 10.2. The second-order valence-corrected chi connectivity index (χ2v) is 6.55. The van der Waals surface area contributed by atoms with Crippen LogP contribution in [0.4, 0.5) is 29.0 Å². The van der Waals surface area contributed by atoms with Gasteiger partial charge < -0.3 is 35.8 Å². The van der Waals surface area contributed by atoms with Crippen molar-refractivity contribution >= 4 is 40.0 Å². The lowest BCUT2D eigenvalue weighted by Crippen LogP contribution is -2.13. The highest BCUT2D eigenvalue weighted by Crippen LogP contribution is 2.36. The standard InChI is InChI=1S/C20H28N8O3/c1-2-28-16-6-4-3-5-14(16)24-20(28)27-26-18-15(21-7-10-29)13-17(22-8-11-30)25-19(18)23-9-12-31/h3-6,13,29-31H,2,7-12H2,1H3,(H3,21,22,23,25). The van der Waals surface area contributed by atoms with Crippen molar-refractivity contribution in [3.8, 4) is 0 Å². The summed E-state index contributed by atoms with van der Waals surface area (Å²) in [6.07, 6.45) is 0. The van der Waals surface area contributed by atoms with E-state index in [0.717, 1.165) is 11.0 Å². The fraction of sp³-hybridized carbons (Fsp3) is 0.400. The Labute approximate surface area is 179 Å². The lowest BCUT2D eigenvalue weighted by Gasteiger charge is -2.15. The van der Waals surface area contributed by atoms with E-state index in [4.69, 9.17) is 5.11 Å². The lowest BCUT2D eigenvalue weighted by molar-refractivity contribution is 0.311. The summed E-state index contributed by atoms with van der Waals surface area (Å²) in [5.41, 5.74) is 2.81. The number of aryl methyl sites for hydroxylation is 1. The average Bonchev–Trinajstić information content (AvgIpc) is 3.16. The molecule has 11 nitrogen and oxygen atoms in total. The van der Waals surface area contributed by atoms with Crippen LogP contribution in [0.1, 0.15) is 6.92 Å². The molecular formula is C20H28N8O3. The van der Waals surface area contributed by atoms with Gasteiger partial charge in [0, 0.05) is 32.2 Å². The Morgan fingerprint density at radius 3 is 2.35 bits per heavy atom. The molecule has 0 amide bonds. The number of fused-ring (bicyclic) bond motifs is 1. The van der Waals surface area contributed by atoms with E-state index in [9.17, 15) is 10.2 Å². The molecule has 0 spiro atoms. The molecule has 0 bridgehead atoms. The van der Waals surface area contributed by atoms with Gasteiger partial charge in [-0.1, -0.05) is 12.1 Å². The van der Waals surface area contributed by atoms with Crippen LogP contribution in [-0.4, -0.2) is 69.3 Å². The van der Waals surface area contributed by atoms with Crippen LogP contribution in [0.25, 0.3) is 11.0 Å². The molecule has 2 aromatic heterocycles. The summed E-state index contributed by atoms with van der Waals surface area (Å²) in [5.74, 6) is 1.38. The molecule has 0 aliphatic heterocycles. The zero-order chi connectivity index (χ0) is 22.1. The number of aliphatic hydroxyl groups is 3. The predicted molar refractivity (Wildman–Crippen MR) is 121 cm³/mol. The van der Waals surface area contributed by atoms with Gasteiger partial charge in [-0.15, -0.1) is 10.2 Å². The number of azo groups is 1. The highest BCUT2D eigenvalue weighted by molar-refractivity contribution is 5.80. The Kier molecular flexibility index (Phi) is 8.10. The molecule has 0 aliphatic carbocycles. The molecule has 3 aromatic rings. The molecule has 0 fully saturated rings. The van der Waals surface area contributed by atoms with Gasteiger partial charge in [0.05, 0.1) is 36.5 Å². The number of anilines is 3. The molecule has 3 rings (SSSR count). The van der Waals surface area contributed by atoms with Crippen molar-refractivity contribution in [3.63, 3.8) is 0 Å². The Bertz CT molecular complexity index is 992. The van der Waals surface area contributed by atoms with Gasteiger partial charge in [-0.05, 0) is 19.1 Å². The molecule has 0 saturated heterocycles. The Balaban J connectivity index is 2.04. The van der Waals surface area contributed by atoms with Gasteiger partial charge in [0.15, 0.2) is 11.5 Å². The first-order chi connectivity index (χ1) is 15.2. The fourth-order valence-electron chi connectivity index (χ4n) is 3.08. The average molecular weight is 428 g/mol. The van der Waals surface area contributed by atoms with E-state index in [2.05, 4.69) is 36.1 Å². The van der Waals surface area contributed by atoms with E-state index in [1.165, 1.54) is 0 Å². The van der Waals surface area contributed by atoms with Gasteiger partial charge in [0.2, 0.25) is 5.95 Å². The zero-order valence-electron chi connectivity index (χ0n) is 17.4. The topological polar surface area (TPSA) is 152 Å². The van der Waals surface area contributed by atoms with Crippen molar-refractivity contribution in [2.45, 2.75) is 13.5 Å². The minimum atomic E-state index is -0.0857. The Morgan fingerprint density at radius 1 is 0.903 bits per heavy atom. The van der Waals surface area contributed by atoms with Crippen molar-refractivity contribution in [3.05, 3.63) is 30.3 Å². The monoisotopic (exact) mass is 428 g/mol. The quantitative estimate of drug-likeness (QED) is 0.240. The number of para-hydroxylation sites is 2. The normalized spacial score (nSPS) is 11.4. The molecule has 0 saturated carbocycles. The number of aliphatic hydroxyl groups excluding tert-OH is 3. The van der Waals surface area contributed by atoms with Crippen LogP contribution in [0.15, 0.2) is 40.6 Å². The van der Waals surface area contributed by atoms with Crippen molar-refractivity contribution in [2.24, 2.45) is 10.2 Å². The first kappa shape index (κ1) is 22.4. The van der Waals surface area contributed by atoms with Gasteiger partial charge in [0.25, 0.3) is 0 Å². The number of nitrogens with one attached hydrogen (secondary N) is 3. The largest absolute Gasteiger partial charge is 0.395 e. The van der Waals surface area contributed by atoms with Crippen molar-refractivity contribution in [1.82, 2.24) is 14.5 Å². The van der Waals surface area contributed by atoms with Crippen LogP contribution in [-0.2, 0) is 6.54 Å². The summed E-state index contributed by atoms with van der Waals surface area (Å²) in [4.78, 5) is 9.05. The molecule has 2 heterocycles. The minimum absolute atomic E-state index is 0.0464. The summed E-state index contributed by atoms with van der Waals surface area (Å²) in [6, 6.07) is 9.51. The molecule has 166 valence electrons. The Morgan fingerprint density at radius 2 is 1.61 bits per heavy atom. The van der Waals surface area contributed by atoms with E-state index in [0.29, 0.717) is 48.6 Å². The number of aromatic nitrogens is 3. The molecule has 1 aromatic carbocycles. The number of hydrogen-bond donors (Lipinski definition) is 6. The number of nitrogens with zero attached hydrogens (tertiary/aromatic N) is 5. The van der Waals surface area contributed by atoms with Crippen LogP contribution in [0, 0.1) is 0 Å². The van der Waals surface area contributed by atoms with Crippen LogP contribution >= 0.6 is 0 Å². The summed E-state index contributed by atoms with van der Waals surface area (Å²) in [6.45, 7) is 3.40. The predicted octanol–water partition coefficient (Wildman–Crippen LogP) is 2.08. The van der Waals surface area contributed by atoms with E-state index in [1.807, 2.05) is 35.8 Å². The van der Waals surface area contributed by atoms with E-state index >= 15 is 0 Å². The molecule has 0 radical (unpaired) electrons. The van der Waals surface area contributed by atoms with Gasteiger partial charge >= 0.3 is 0 Å². The molecule has 11 heteroatoms. The maximum Gasteiger partial charge on any atom is 0.250 e. The summed E-state index contributed by atoms with van der Waals surface area (Å²) >= 11 is 0. The number of pyridine rings is 1. The second kappa shape index (κ2) is 11.2. The van der Waals surface area contributed by atoms with Crippen molar-refractivity contribution in [1.29, 1.82) is 0 Å². The van der Waals surface area contributed by atoms with Gasteiger partial charge in [-0.2, -0.15) is 0 Å². The van der Waals surface area contributed by atoms with Crippen molar-refractivity contribution in [2.75, 3.05) is 55.4 Å². The Hall–Kier alpha value is -3.28. The van der Waals surface area contributed by atoms with Crippen molar-refractivity contribution < 1.29 is 15.3 Å². The molecule has 31 heavy (non-hydrogen) atoms. The summed E-state index contributed by atoms with van der Waals surface area (Å²) in [5, 5.41) is 45.6. The molecule has 6 N–H and O–H groups in total. The molecule has 0 unspecified atom stereocenters. The van der Waals surface area contributed by atoms with Gasteiger partial charge in [0.1, 0.15) is 5.82 Å². The van der Waals surface area contributed by atoms with Crippen LogP contribution in [0.3, 0.4) is 0 Å². The summed E-state index contributed by atoms with van der Waals surface area (Å²) < 4.78 is 1.96. The third-order valence-electron chi connectivity index (χ3n) is 4.43. The molecule has 0 aliphatic rings. The van der Waals surface area contributed by atoms with Gasteiger partial charge in [-0.25, -0.2) is 9.97 Å². The van der Waals surface area contributed by atoms with E-state index in [-0.39, 0.29) is 26.4 Å². The van der Waals surface area contributed by atoms with Crippen LogP contribution in [0.2, 0.25) is 0 Å². The maximum atomic E-state index is 9.25. The second-order valence-electron chi connectivity index (χ2n) is 6.55. The number of rotatable bonds is 12. The lowest BCUT2D eigenvalue weighted by atomic mass is 10.3. The zero-order valence-corrected chi connectivity index (χ0v) is 17.4. The molecular weight excluding hydrogens is 400 g/mol. The third kappa shape index (κ3) is 5.45. The highest BCUT2D eigenvalue weighted by atomic mass is 16.3. The van der Waals surface area contributed by atoms with Crippen LogP contribution in [0.5, 0.6) is 0 Å². The van der Waals surface area contributed by atoms with Gasteiger partial charge in [-0.3, -0.25) is 0 Å². The third-order valence-corrected chi connectivity index (χ3v) is 4.43. The number of hydrogen-bond acceptors (Lipinski definition) is 10. The van der Waals surface area contributed by atoms with Crippen LogP contribution < -0.4 is 16.0 Å². The minimum Gasteiger partial charge on any atom is -0.395 e. The number of benzene rings is 1. The van der Waals surface area contributed by atoms with E-state index in [1.54, 1.807) is 6.07 Å². The smallest absolute Gasteiger partial charge is 0.250 e.